The molecule has 0 spiro atoms. The summed E-state index contributed by atoms with van der Waals surface area (Å²) in [4.78, 5) is 15.9. The summed E-state index contributed by atoms with van der Waals surface area (Å²) in [6.45, 7) is 2.54. The highest BCUT2D eigenvalue weighted by Crippen LogP contribution is 2.24. The molecular formula is C16H18N6O. The zero-order chi connectivity index (χ0) is 16.2. The summed E-state index contributed by atoms with van der Waals surface area (Å²) in [6.07, 6.45) is 3.37. The molecule has 7 heteroatoms. The first-order chi connectivity index (χ1) is 11.1. The number of anilines is 1. The van der Waals surface area contributed by atoms with Gasteiger partial charge >= 0.3 is 0 Å². The number of hydrogen-bond donors (Lipinski definition) is 1. The molecule has 0 aliphatic carbocycles. The molecule has 3 aromatic rings. The van der Waals surface area contributed by atoms with E-state index >= 15 is 0 Å². The van der Waals surface area contributed by atoms with Gasteiger partial charge in [0.15, 0.2) is 0 Å². The van der Waals surface area contributed by atoms with Gasteiger partial charge in [-0.2, -0.15) is 10.2 Å². The average molecular weight is 310 g/mol. The molecule has 1 aromatic carbocycles. The minimum Gasteiger partial charge on any atom is -0.311 e. The van der Waals surface area contributed by atoms with Crippen LogP contribution in [0.5, 0.6) is 0 Å². The van der Waals surface area contributed by atoms with Gasteiger partial charge in [0.25, 0.3) is 0 Å². The van der Waals surface area contributed by atoms with Crippen molar-refractivity contribution in [2.75, 3.05) is 5.32 Å². The molecule has 0 bridgehead atoms. The molecule has 118 valence electrons. The third-order valence-corrected chi connectivity index (χ3v) is 3.60. The smallest absolute Gasteiger partial charge is 0.227 e. The quantitative estimate of drug-likeness (QED) is 0.782. The number of aromatic nitrogens is 5. The van der Waals surface area contributed by atoms with E-state index < -0.39 is 0 Å². The van der Waals surface area contributed by atoms with Crippen LogP contribution in [0.25, 0.3) is 11.3 Å². The van der Waals surface area contributed by atoms with Gasteiger partial charge in [0.1, 0.15) is 18.5 Å². The monoisotopic (exact) mass is 310 g/mol. The minimum atomic E-state index is -0.0835. The summed E-state index contributed by atoms with van der Waals surface area (Å²) in [6, 6.07) is 9.92. The Morgan fingerprint density at radius 3 is 2.87 bits per heavy atom. The van der Waals surface area contributed by atoms with Crippen molar-refractivity contribution in [3.05, 3.63) is 48.5 Å². The van der Waals surface area contributed by atoms with E-state index in [2.05, 4.69) is 20.5 Å². The van der Waals surface area contributed by atoms with Crippen LogP contribution in [-0.4, -0.2) is 30.5 Å². The Bertz CT molecular complexity index is 806. The lowest BCUT2D eigenvalue weighted by Gasteiger charge is -2.04. The average Bonchev–Trinajstić information content (AvgIpc) is 3.16. The van der Waals surface area contributed by atoms with Crippen molar-refractivity contribution < 1.29 is 4.79 Å². The van der Waals surface area contributed by atoms with E-state index in [1.54, 1.807) is 15.7 Å². The fraction of sp³-hybridized carbons (Fsp3) is 0.250. The van der Waals surface area contributed by atoms with Gasteiger partial charge in [-0.3, -0.25) is 14.2 Å². The van der Waals surface area contributed by atoms with Crippen LogP contribution in [0.15, 0.2) is 43.0 Å². The fourth-order valence-corrected chi connectivity index (χ4v) is 2.35. The van der Waals surface area contributed by atoms with Gasteiger partial charge < -0.3 is 5.32 Å². The van der Waals surface area contributed by atoms with Gasteiger partial charge in [-0.25, -0.2) is 4.98 Å². The maximum atomic E-state index is 12.1. The molecule has 2 heterocycles. The van der Waals surface area contributed by atoms with Gasteiger partial charge in [0.05, 0.1) is 12.2 Å². The Kier molecular flexibility index (Phi) is 4.18. The summed E-state index contributed by atoms with van der Waals surface area (Å²) in [7, 11) is 1.81. The molecule has 7 nitrogen and oxygen atoms in total. The number of nitrogens with one attached hydrogen (secondary N) is 1. The maximum absolute atomic E-state index is 12.1. The maximum Gasteiger partial charge on any atom is 0.227 e. The molecule has 0 fully saturated rings. The predicted molar refractivity (Wildman–Crippen MR) is 86.6 cm³/mol. The van der Waals surface area contributed by atoms with E-state index in [1.165, 1.54) is 6.33 Å². The van der Waals surface area contributed by atoms with Crippen LogP contribution in [0.3, 0.4) is 0 Å². The van der Waals surface area contributed by atoms with Crippen LogP contribution in [0.2, 0.25) is 0 Å². The van der Waals surface area contributed by atoms with Crippen LogP contribution in [-0.2, 0) is 18.4 Å². The van der Waals surface area contributed by atoms with E-state index in [1.807, 2.05) is 44.3 Å². The fourth-order valence-electron chi connectivity index (χ4n) is 2.35. The van der Waals surface area contributed by atoms with Crippen molar-refractivity contribution in [2.45, 2.75) is 19.9 Å². The third-order valence-electron chi connectivity index (χ3n) is 3.60. The summed E-state index contributed by atoms with van der Waals surface area (Å²) in [5, 5.41) is 11.3. The standard InChI is InChI=1S/C16H18N6O/c1-12-5-3-4-6-13(12)14-9-15(21(2)20-14)19-16(23)7-8-22-11-17-10-18-22/h3-6,9-11H,7-8H2,1-2H3,(H,19,23). The van der Waals surface area contributed by atoms with Gasteiger partial charge in [-0.15, -0.1) is 0 Å². The number of hydrogen-bond acceptors (Lipinski definition) is 4. The van der Waals surface area contributed by atoms with Crippen molar-refractivity contribution in [1.82, 2.24) is 24.5 Å². The first-order valence-electron chi connectivity index (χ1n) is 7.36. The summed E-state index contributed by atoms with van der Waals surface area (Å²) in [5.41, 5.74) is 3.05. The van der Waals surface area contributed by atoms with E-state index in [-0.39, 0.29) is 5.91 Å². The number of rotatable bonds is 5. The predicted octanol–water partition coefficient (Wildman–Crippen LogP) is 2.02. The molecule has 2 aromatic heterocycles. The Hall–Kier alpha value is -2.96. The lowest BCUT2D eigenvalue weighted by Crippen LogP contribution is -2.16. The second-order valence-electron chi connectivity index (χ2n) is 5.31. The van der Waals surface area contributed by atoms with E-state index in [9.17, 15) is 4.79 Å². The SMILES string of the molecule is Cc1ccccc1-c1cc(NC(=O)CCn2cncn2)n(C)n1. The normalized spacial score (nSPS) is 10.7. The molecule has 0 radical (unpaired) electrons. The van der Waals surface area contributed by atoms with Crippen molar-refractivity contribution >= 4 is 11.7 Å². The lowest BCUT2D eigenvalue weighted by molar-refractivity contribution is -0.116. The first kappa shape index (κ1) is 15.0. The molecular weight excluding hydrogens is 292 g/mol. The Balaban J connectivity index is 1.69. The van der Waals surface area contributed by atoms with Crippen molar-refractivity contribution in [3.8, 4) is 11.3 Å². The molecule has 0 aliphatic rings. The Morgan fingerprint density at radius 2 is 2.13 bits per heavy atom. The van der Waals surface area contributed by atoms with Crippen molar-refractivity contribution in [3.63, 3.8) is 0 Å². The van der Waals surface area contributed by atoms with Crippen molar-refractivity contribution in [1.29, 1.82) is 0 Å². The van der Waals surface area contributed by atoms with E-state index in [4.69, 9.17) is 0 Å². The highest BCUT2D eigenvalue weighted by molar-refractivity contribution is 5.90. The van der Waals surface area contributed by atoms with Gasteiger partial charge in [-0.05, 0) is 12.5 Å². The number of carbonyl (C=O) groups is 1. The van der Waals surface area contributed by atoms with Crippen LogP contribution >= 0.6 is 0 Å². The molecule has 1 amide bonds. The molecule has 23 heavy (non-hydrogen) atoms. The third kappa shape index (κ3) is 3.45. The van der Waals surface area contributed by atoms with Gasteiger partial charge in [0.2, 0.25) is 5.91 Å². The second kappa shape index (κ2) is 6.43. The minimum absolute atomic E-state index is 0.0835. The number of benzene rings is 1. The number of amides is 1. The molecule has 0 atom stereocenters. The molecule has 0 aliphatic heterocycles. The Labute approximate surface area is 134 Å². The highest BCUT2D eigenvalue weighted by Gasteiger charge is 2.11. The van der Waals surface area contributed by atoms with E-state index in [0.29, 0.717) is 18.8 Å². The summed E-state index contributed by atoms with van der Waals surface area (Å²) >= 11 is 0. The van der Waals surface area contributed by atoms with E-state index in [0.717, 1.165) is 16.8 Å². The van der Waals surface area contributed by atoms with Crippen LogP contribution < -0.4 is 5.32 Å². The first-order valence-corrected chi connectivity index (χ1v) is 7.36. The highest BCUT2D eigenvalue weighted by atomic mass is 16.1. The molecule has 3 rings (SSSR count). The summed E-state index contributed by atoms with van der Waals surface area (Å²) in [5.74, 6) is 0.590. The van der Waals surface area contributed by atoms with Gasteiger partial charge in [-0.1, -0.05) is 24.3 Å². The largest absolute Gasteiger partial charge is 0.311 e. The van der Waals surface area contributed by atoms with Gasteiger partial charge in [0, 0.05) is 25.1 Å². The zero-order valence-corrected chi connectivity index (χ0v) is 13.1. The summed E-state index contributed by atoms with van der Waals surface area (Å²) < 4.78 is 3.30. The molecule has 0 unspecified atom stereocenters. The Morgan fingerprint density at radius 1 is 1.30 bits per heavy atom. The second-order valence-corrected chi connectivity index (χ2v) is 5.31. The molecule has 0 saturated carbocycles. The number of nitrogens with zero attached hydrogens (tertiary/aromatic N) is 5. The topological polar surface area (TPSA) is 77.6 Å². The van der Waals surface area contributed by atoms with Crippen LogP contribution in [0.4, 0.5) is 5.82 Å². The van der Waals surface area contributed by atoms with Crippen molar-refractivity contribution in [2.24, 2.45) is 7.05 Å². The molecule has 0 saturated heterocycles. The number of carbonyl (C=O) groups excluding carboxylic acids is 1. The lowest BCUT2D eigenvalue weighted by atomic mass is 10.1. The molecule has 1 N–H and O–H groups in total. The zero-order valence-electron chi connectivity index (χ0n) is 13.1. The van der Waals surface area contributed by atoms with Crippen LogP contribution in [0, 0.1) is 6.92 Å². The van der Waals surface area contributed by atoms with Crippen LogP contribution in [0.1, 0.15) is 12.0 Å². The number of aryl methyl sites for hydroxylation is 3.